The third-order valence-electron chi connectivity index (χ3n) is 1.16. The van der Waals surface area contributed by atoms with Crippen molar-refractivity contribution >= 4 is 18.6 Å². The topological polar surface area (TPSA) is 83.0 Å². The van der Waals surface area contributed by atoms with Crippen LogP contribution in [0.4, 0.5) is 0 Å². The van der Waals surface area contributed by atoms with Gasteiger partial charge in [0.05, 0.1) is 0 Å². The molecule has 1 aromatic rings. The van der Waals surface area contributed by atoms with Gasteiger partial charge in [-0.25, -0.2) is 9.78 Å². The highest BCUT2D eigenvalue weighted by molar-refractivity contribution is 7.79. The van der Waals surface area contributed by atoms with Crippen molar-refractivity contribution in [3.63, 3.8) is 0 Å². The second kappa shape index (κ2) is 3.40. The zero-order chi connectivity index (χ0) is 9.14. The summed E-state index contributed by atoms with van der Waals surface area (Å²) in [5, 5.41) is 8.49. The molecule has 0 fully saturated rings. The Morgan fingerprint density at radius 2 is 2.42 bits per heavy atom. The lowest BCUT2D eigenvalue weighted by atomic mass is 10.4. The maximum atomic E-state index is 10.8. The summed E-state index contributed by atoms with van der Waals surface area (Å²) in [6.45, 7) is 0. The van der Waals surface area contributed by atoms with Crippen molar-refractivity contribution in [2.24, 2.45) is 0 Å². The fourth-order valence-corrected chi connectivity index (χ4v) is 0.842. The lowest BCUT2D eigenvalue weighted by Gasteiger charge is -1.96. The van der Waals surface area contributed by atoms with Crippen molar-refractivity contribution in [1.82, 2.24) is 9.97 Å². The average Bonchev–Trinajstić information content (AvgIpc) is 2.03. The van der Waals surface area contributed by atoms with Gasteiger partial charge < -0.3 is 10.1 Å². The normalized spacial score (nSPS) is 9.75. The molecular weight excluding hydrogens is 180 g/mol. The molecule has 0 amide bonds. The Bertz CT molecular complexity index is 360. The summed E-state index contributed by atoms with van der Waals surface area (Å²) >= 11 is 3.85. The van der Waals surface area contributed by atoms with E-state index >= 15 is 0 Å². The lowest BCUT2D eigenvalue weighted by Crippen LogP contribution is -2.14. The van der Waals surface area contributed by atoms with Crippen LogP contribution < -0.4 is 5.56 Å². The molecular formula is C6H6N2O3S. The summed E-state index contributed by atoms with van der Waals surface area (Å²) in [6.07, 6.45) is 0. The van der Waals surface area contributed by atoms with Crippen LogP contribution in [-0.2, 0) is 5.75 Å². The Kier molecular flexibility index (Phi) is 2.49. The average molecular weight is 186 g/mol. The van der Waals surface area contributed by atoms with Crippen LogP contribution >= 0.6 is 12.6 Å². The van der Waals surface area contributed by atoms with E-state index in [-0.39, 0.29) is 17.3 Å². The molecule has 0 radical (unpaired) electrons. The number of H-pyrrole nitrogens is 1. The third-order valence-corrected chi connectivity index (χ3v) is 1.46. The largest absolute Gasteiger partial charge is 0.477 e. The molecule has 0 aliphatic heterocycles. The van der Waals surface area contributed by atoms with Crippen molar-refractivity contribution < 1.29 is 9.90 Å². The first-order valence-electron chi connectivity index (χ1n) is 3.08. The Balaban J connectivity index is 3.24. The summed E-state index contributed by atoms with van der Waals surface area (Å²) in [5.41, 5.74) is -0.741. The summed E-state index contributed by atoms with van der Waals surface area (Å²) in [5.74, 6) is -0.761. The molecule has 0 saturated carbocycles. The number of carboxylic acid groups (broad SMARTS) is 1. The van der Waals surface area contributed by atoms with E-state index in [1.54, 1.807) is 0 Å². The van der Waals surface area contributed by atoms with Gasteiger partial charge in [-0.05, 0) is 0 Å². The summed E-state index contributed by atoms with van der Waals surface area (Å²) in [7, 11) is 0. The second-order valence-electron chi connectivity index (χ2n) is 2.04. The van der Waals surface area contributed by atoms with Crippen molar-refractivity contribution in [2.45, 2.75) is 5.75 Å². The van der Waals surface area contributed by atoms with E-state index in [0.29, 0.717) is 0 Å². The van der Waals surface area contributed by atoms with E-state index in [0.717, 1.165) is 6.07 Å². The molecule has 0 bridgehead atoms. The van der Waals surface area contributed by atoms with Gasteiger partial charge in [0.2, 0.25) is 0 Å². The van der Waals surface area contributed by atoms with Gasteiger partial charge in [-0.15, -0.1) is 0 Å². The number of hydrogen-bond acceptors (Lipinski definition) is 4. The third kappa shape index (κ3) is 1.85. The fourth-order valence-electron chi connectivity index (χ4n) is 0.693. The van der Waals surface area contributed by atoms with Crippen molar-refractivity contribution in [2.75, 3.05) is 0 Å². The maximum absolute atomic E-state index is 10.8. The molecule has 0 spiro atoms. The number of aromatic carboxylic acids is 1. The summed E-state index contributed by atoms with van der Waals surface area (Å²) in [6, 6.07) is 0.926. The molecule has 0 aliphatic carbocycles. The van der Waals surface area contributed by atoms with Crippen molar-refractivity contribution in [1.29, 1.82) is 0 Å². The lowest BCUT2D eigenvalue weighted by molar-refractivity contribution is 0.0689. The van der Waals surface area contributed by atoms with Gasteiger partial charge in [0.1, 0.15) is 5.82 Å². The smallest absolute Gasteiger partial charge is 0.354 e. The van der Waals surface area contributed by atoms with E-state index in [1.165, 1.54) is 0 Å². The fraction of sp³-hybridized carbons (Fsp3) is 0.167. The van der Waals surface area contributed by atoms with Crippen molar-refractivity contribution in [3.8, 4) is 0 Å². The zero-order valence-electron chi connectivity index (χ0n) is 5.94. The quantitative estimate of drug-likeness (QED) is 0.563. The first-order chi connectivity index (χ1) is 5.63. The number of aromatic amines is 1. The Labute approximate surface area is 72.9 Å². The van der Waals surface area contributed by atoms with E-state index in [9.17, 15) is 9.59 Å². The van der Waals surface area contributed by atoms with E-state index < -0.39 is 11.5 Å². The Hall–Kier alpha value is -1.30. The van der Waals surface area contributed by atoms with E-state index in [1.807, 2.05) is 0 Å². The van der Waals surface area contributed by atoms with E-state index in [4.69, 9.17) is 5.11 Å². The van der Waals surface area contributed by atoms with Crippen molar-refractivity contribution in [3.05, 3.63) is 27.9 Å². The molecule has 0 atom stereocenters. The molecule has 64 valence electrons. The highest BCUT2D eigenvalue weighted by Crippen LogP contribution is 1.94. The molecule has 2 N–H and O–H groups in total. The standard InChI is InChI=1S/C6H6N2O3S/c9-5-1-3(6(10)11)7-4(2-12)8-5/h1,12H,2H2,(H,10,11)(H,7,8,9). The molecule has 1 aromatic heterocycles. The molecule has 5 nitrogen and oxygen atoms in total. The van der Waals surface area contributed by atoms with Crippen LogP contribution in [0, 0.1) is 0 Å². The van der Waals surface area contributed by atoms with Gasteiger partial charge in [0.25, 0.3) is 5.56 Å². The number of nitrogens with zero attached hydrogens (tertiary/aromatic N) is 1. The van der Waals surface area contributed by atoms with Crippen LogP contribution in [0.5, 0.6) is 0 Å². The number of hydrogen-bond donors (Lipinski definition) is 3. The van der Waals surface area contributed by atoms with Gasteiger partial charge >= 0.3 is 5.97 Å². The van der Waals surface area contributed by atoms with Gasteiger partial charge in [-0.2, -0.15) is 12.6 Å². The molecule has 1 rings (SSSR count). The molecule has 0 aliphatic rings. The summed E-state index contributed by atoms with van der Waals surface area (Å²) in [4.78, 5) is 27.1. The minimum atomic E-state index is -1.22. The number of thiol groups is 1. The number of carboxylic acids is 1. The van der Waals surface area contributed by atoms with Crippen LogP contribution in [0.25, 0.3) is 0 Å². The SMILES string of the molecule is O=C(O)c1cc(=O)[nH]c(CS)n1. The number of carbonyl (C=O) groups is 1. The molecule has 0 saturated heterocycles. The molecule has 6 heteroatoms. The monoisotopic (exact) mass is 186 g/mol. The first-order valence-corrected chi connectivity index (χ1v) is 3.71. The number of aromatic nitrogens is 2. The van der Waals surface area contributed by atoms with Crippen LogP contribution in [0.1, 0.15) is 16.3 Å². The maximum Gasteiger partial charge on any atom is 0.354 e. The Morgan fingerprint density at radius 1 is 1.75 bits per heavy atom. The minimum absolute atomic E-state index is 0.205. The van der Waals surface area contributed by atoms with Gasteiger partial charge in [0, 0.05) is 11.8 Å². The molecule has 0 unspecified atom stereocenters. The molecule has 12 heavy (non-hydrogen) atoms. The number of rotatable bonds is 2. The summed E-state index contributed by atoms with van der Waals surface area (Å²) < 4.78 is 0. The minimum Gasteiger partial charge on any atom is -0.477 e. The zero-order valence-corrected chi connectivity index (χ0v) is 6.84. The predicted octanol–water partition coefficient (Wildman–Crippen LogP) is -0.102. The second-order valence-corrected chi connectivity index (χ2v) is 2.36. The first kappa shape index (κ1) is 8.79. The van der Waals surface area contributed by atoms with Crippen LogP contribution in [0.2, 0.25) is 0 Å². The number of nitrogens with one attached hydrogen (secondary N) is 1. The predicted molar refractivity (Wildman–Crippen MR) is 44.5 cm³/mol. The van der Waals surface area contributed by atoms with Crippen LogP contribution in [-0.4, -0.2) is 21.0 Å². The van der Waals surface area contributed by atoms with Gasteiger partial charge in [0.15, 0.2) is 5.69 Å². The highest BCUT2D eigenvalue weighted by Gasteiger charge is 2.06. The van der Waals surface area contributed by atoms with Crippen LogP contribution in [0.3, 0.4) is 0 Å². The Morgan fingerprint density at radius 3 is 2.92 bits per heavy atom. The van der Waals surface area contributed by atoms with E-state index in [2.05, 4.69) is 22.6 Å². The molecule has 1 heterocycles. The molecule has 0 aromatic carbocycles. The van der Waals surface area contributed by atoms with Crippen LogP contribution in [0.15, 0.2) is 10.9 Å². The van der Waals surface area contributed by atoms with Gasteiger partial charge in [-0.3, -0.25) is 4.79 Å². The highest BCUT2D eigenvalue weighted by atomic mass is 32.1. The van der Waals surface area contributed by atoms with Gasteiger partial charge in [-0.1, -0.05) is 0 Å².